The molecule has 1 aliphatic heterocycles. The molecule has 1 aromatic carbocycles. The van der Waals surface area contributed by atoms with Gasteiger partial charge in [-0.05, 0) is 49.2 Å². The van der Waals surface area contributed by atoms with Gasteiger partial charge >= 0.3 is 0 Å². The molecule has 5 heteroatoms. The van der Waals surface area contributed by atoms with Gasteiger partial charge in [-0.15, -0.1) is 0 Å². The van der Waals surface area contributed by atoms with Crippen molar-refractivity contribution in [3.8, 4) is 0 Å². The predicted molar refractivity (Wildman–Crippen MR) is 86.1 cm³/mol. The topological polar surface area (TPSA) is 45.6 Å². The third-order valence-electron chi connectivity index (χ3n) is 4.22. The monoisotopic (exact) mass is 311 g/mol. The Hall–Kier alpha value is -2.20. The second-order valence-corrected chi connectivity index (χ2v) is 6.04. The first kappa shape index (κ1) is 13.5. The summed E-state index contributed by atoms with van der Waals surface area (Å²) in [5, 5.41) is 6.78. The molecule has 1 unspecified atom stereocenters. The first-order valence-electron chi connectivity index (χ1n) is 7.33. The molecule has 0 saturated carbocycles. The molecule has 0 N–H and O–H groups in total. The van der Waals surface area contributed by atoms with Gasteiger partial charge in [-0.2, -0.15) is 5.10 Å². The number of pyridine rings is 1. The number of hydrogen-bond acceptors (Lipinski definition) is 3. The van der Waals surface area contributed by atoms with Crippen molar-refractivity contribution in [2.75, 3.05) is 5.01 Å². The maximum absolute atomic E-state index is 12.4. The standard InChI is InChI=1S/C17H14ClN3O/c18-12-4-6-13(7-5-12)21-16(22)10-11-3-8-15-14(17(11)20-21)2-1-9-19-15/h1-2,4-7,9,11H,3,8,10H2. The van der Waals surface area contributed by atoms with E-state index in [0.29, 0.717) is 11.4 Å². The van der Waals surface area contributed by atoms with Crippen molar-refractivity contribution >= 4 is 28.9 Å². The van der Waals surface area contributed by atoms with Crippen molar-refractivity contribution in [3.63, 3.8) is 0 Å². The van der Waals surface area contributed by atoms with Gasteiger partial charge in [-0.1, -0.05) is 11.6 Å². The Morgan fingerprint density at radius 1 is 1.18 bits per heavy atom. The highest BCUT2D eigenvalue weighted by Gasteiger charge is 2.34. The van der Waals surface area contributed by atoms with Crippen molar-refractivity contribution in [1.29, 1.82) is 0 Å². The van der Waals surface area contributed by atoms with E-state index >= 15 is 0 Å². The van der Waals surface area contributed by atoms with Crippen molar-refractivity contribution in [1.82, 2.24) is 4.98 Å². The molecule has 1 atom stereocenters. The van der Waals surface area contributed by atoms with Gasteiger partial charge in [0.1, 0.15) is 0 Å². The molecule has 1 amide bonds. The van der Waals surface area contributed by atoms with E-state index in [0.717, 1.165) is 35.5 Å². The van der Waals surface area contributed by atoms with E-state index in [1.807, 2.05) is 30.5 Å². The van der Waals surface area contributed by atoms with Crippen LogP contribution in [0.5, 0.6) is 0 Å². The fourth-order valence-electron chi connectivity index (χ4n) is 3.12. The number of hydrazone groups is 1. The molecule has 2 aliphatic rings. The quantitative estimate of drug-likeness (QED) is 0.810. The van der Waals surface area contributed by atoms with Gasteiger partial charge in [0, 0.05) is 34.8 Å². The Morgan fingerprint density at radius 3 is 2.82 bits per heavy atom. The minimum absolute atomic E-state index is 0.0309. The van der Waals surface area contributed by atoms with E-state index in [-0.39, 0.29) is 11.8 Å². The largest absolute Gasteiger partial charge is 0.273 e. The Balaban J connectivity index is 1.80. The second kappa shape index (κ2) is 5.21. The van der Waals surface area contributed by atoms with Gasteiger partial charge in [0.25, 0.3) is 0 Å². The summed E-state index contributed by atoms with van der Waals surface area (Å²) in [5.41, 5.74) is 3.87. The highest BCUT2D eigenvalue weighted by molar-refractivity contribution is 6.30. The van der Waals surface area contributed by atoms with Gasteiger partial charge in [0.15, 0.2) is 0 Å². The van der Waals surface area contributed by atoms with Crippen LogP contribution in [0.1, 0.15) is 24.1 Å². The maximum atomic E-state index is 12.4. The number of carbonyl (C=O) groups is 1. The van der Waals surface area contributed by atoms with Gasteiger partial charge < -0.3 is 0 Å². The lowest BCUT2D eigenvalue weighted by Gasteiger charge is -2.32. The Kier molecular flexibility index (Phi) is 3.19. The van der Waals surface area contributed by atoms with E-state index in [1.54, 1.807) is 12.1 Å². The number of fused-ring (bicyclic) bond motifs is 3. The molecule has 0 radical (unpaired) electrons. The number of aromatic nitrogens is 1. The van der Waals surface area contributed by atoms with Gasteiger partial charge in [0.05, 0.1) is 11.4 Å². The summed E-state index contributed by atoms with van der Waals surface area (Å²) in [5.74, 6) is 0.233. The van der Waals surface area contributed by atoms with Crippen LogP contribution in [-0.2, 0) is 11.2 Å². The molecule has 1 aliphatic carbocycles. The number of rotatable bonds is 1. The Labute approximate surface area is 133 Å². The lowest BCUT2D eigenvalue weighted by atomic mass is 9.81. The first-order valence-corrected chi connectivity index (χ1v) is 7.71. The number of nitrogens with zero attached hydrogens (tertiary/aromatic N) is 3. The molecule has 1 aromatic heterocycles. The molecule has 2 heterocycles. The summed E-state index contributed by atoms with van der Waals surface area (Å²) in [6.07, 6.45) is 4.15. The van der Waals surface area contributed by atoms with Crippen LogP contribution in [0.2, 0.25) is 5.02 Å². The number of hydrogen-bond donors (Lipinski definition) is 0. The molecule has 0 saturated heterocycles. The molecule has 4 nitrogen and oxygen atoms in total. The summed E-state index contributed by atoms with van der Waals surface area (Å²) in [6.45, 7) is 0. The highest BCUT2D eigenvalue weighted by Crippen LogP contribution is 2.33. The van der Waals surface area contributed by atoms with E-state index in [1.165, 1.54) is 5.01 Å². The van der Waals surface area contributed by atoms with E-state index in [4.69, 9.17) is 11.6 Å². The van der Waals surface area contributed by atoms with Crippen molar-refractivity contribution in [2.24, 2.45) is 11.0 Å². The lowest BCUT2D eigenvalue weighted by Crippen LogP contribution is -2.39. The summed E-state index contributed by atoms with van der Waals surface area (Å²) in [7, 11) is 0. The van der Waals surface area contributed by atoms with Gasteiger partial charge in [-0.25, -0.2) is 5.01 Å². The van der Waals surface area contributed by atoms with Crippen LogP contribution in [0.4, 0.5) is 5.69 Å². The summed E-state index contributed by atoms with van der Waals surface area (Å²) < 4.78 is 0. The molecule has 22 heavy (non-hydrogen) atoms. The minimum Gasteiger partial charge on any atom is -0.273 e. The number of benzene rings is 1. The SMILES string of the molecule is O=C1CC2CCc3ncccc3C2=NN1c1ccc(Cl)cc1. The van der Waals surface area contributed by atoms with Crippen LogP contribution in [0, 0.1) is 5.92 Å². The molecule has 0 fully saturated rings. The van der Waals surface area contributed by atoms with Crippen LogP contribution in [0.25, 0.3) is 0 Å². The number of halogens is 1. The zero-order valence-corrected chi connectivity index (χ0v) is 12.6. The number of aryl methyl sites for hydroxylation is 1. The number of carbonyl (C=O) groups excluding carboxylic acids is 1. The minimum atomic E-state index is 0.0309. The molecule has 110 valence electrons. The fourth-order valence-corrected chi connectivity index (χ4v) is 3.24. The van der Waals surface area contributed by atoms with Crippen molar-refractivity contribution in [3.05, 3.63) is 58.9 Å². The van der Waals surface area contributed by atoms with E-state index in [2.05, 4.69) is 10.1 Å². The third kappa shape index (κ3) is 2.20. The van der Waals surface area contributed by atoms with Gasteiger partial charge in [-0.3, -0.25) is 9.78 Å². The number of anilines is 1. The summed E-state index contributed by atoms with van der Waals surface area (Å²) >= 11 is 5.92. The number of amides is 1. The normalized spacial score (nSPS) is 20.2. The Morgan fingerprint density at radius 2 is 2.00 bits per heavy atom. The molecule has 2 aromatic rings. The van der Waals surface area contributed by atoms with Crippen molar-refractivity contribution < 1.29 is 4.79 Å². The first-order chi connectivity index (χ1) is 10.7. The fraction of sp³-hybridized carbons (Fsp3) is 0.235. The summed E-state index contributed by atoms with van der Waals surface area (Å²) in [4.78, 5) is 16.9. The third-order valence-corrected chi connectivity index (χ3v) is 4.47. The molecule has 0 bridgehead atoms. The van der Waals surface area contributed by atoms with Crippen LogP contribution in [0.15, 0.2) is 47.7 Å². The smallest absolute Gasteiger partial charge is 0.248 e. The highest BCUT2D eigenvalue weighted by atomic mass is 35.5. The zero-order valence-electron chi connectivity index (χ0n) is 11.9. The average molecular weight is 312 g/mol. The molecule has 4 rings (SSSR count). The summed E-state index contributed by atoms with van der Waals surface area (Å²) in [6, 6.07) is 11.1. The zero-order chi connectivity index (χ0) is 15.1. The Bertz CT molecular complexity index is 770. The van der Waals surface area contributed by atoms with E-state index < -0.39 is 0 Å². The average Bonchev–Trinajstić information content (AvgIpc) is 2.55. The van der Waals surface area contributed by atoms with Crippen LogP contribution in [0.3, 0.4) is 0 Å². The van der Waals surface area contributed by atoms with Gasteiger partial charge in [0.2, 0.25) is 5.91 Å². The molecule has 0 spiro atoms. The van der Waals surface area contributed by atoms with E-state index in [9.17, 15) is 4.79 Å². The van der Waals surface area contributed by atoms with Crippen molar-refractivity contribution in [2.45, 2.75) is 19.3 Å². The van der Waals surface area contributed by atoms with Crippen LogP contribution in [-0.4, -0.2) is 16.6 Å². The molecular weight excluding hydrogens is 298 g/mol. The van der Waals surface area contributed by atoms with Crippen LogP contribution >= 0.6 is 11.6 Å². The van der Waals surface area contributed by atoms with Crippen LogP contribution < -0.4 is 5.01 Å². The maximum Gasteiger partial charge on any atom is 0.248 e. The second-order valence-electron chi connectivity index (χ2n) is 5.60. The molecular formula is C17H14ClN3O. The lowest BCUT2D eigenvalue weighted by molar-refractivity contribution is -0.119. The predicted octanol–water partition coefficient (Wildman–Crippen LogP) is 3.44.